The van der Waals surface area contributed by atoms with E-state index in [1.165, 1.54) is 16.7 Å². The Bertz CT molecular complexity index is 809. The third-order valence-corrected chi connectivity index (χ3v) is 6.06. The molecule has 1 N–H and O–H groups in total. The van der Waals surface area contributed by atoms with Crippen LogP contribution in [0.15, 0.2) is 48.5 Å². The SMILES string of the molecule is CC(C)(C)c1ccc(CN2CCC3(CC2)C(=O)Nc2ccccc23)cc1. The van der Waals surface area contributed by atoms with Gasteiger partial charge in [-0.05, 0) is 54.1 Å². The fourth-order valence-corrected chi connectivity index (χ4v) is 4.33. The first-order chi connectivity index (χ1) is 12.4. The number of hydrogen-bond donors (Lipinski definition) is 1. The summed E-state index contributed by atoms with van der Waals surface area (Å²) in [7, 11) is 0. The average molecular weight is 348 g/mol. The van der Waals surface area contributed by atoms with Crippen molar-refractivity contribution < 1.29 is 4.79 Å². The summed E-state index contributed by atoms with van der Waals surface area (Å²) in [5, 5.41) is 3.09. The Labute approximate surface area is 156 Å². The van der Waals surface area contributed by atoms with Gasteiger partial charge >= 0.3 is 0 Å². The van der Waals surface area contributed by atoms with Crippen molar-refractivity contribution in [3.05, 3.63) is 65.2 Å². The summed E-state index contributed by atoms with van der Waals surface area (Å²) in [6.07, 6.45) is 1.80. The predicted molar refractivity (Wildman–Crippen MR) is 106 cm³/mol. The van der Waals surface area contributed by atoms with Gasteiger partial charge in [0.2, 0.25) is 5.91 Å². The van der Waals surface area contributed by atoms with Gasteiger partial charge in [-0.1, -0.05) is 63.2 Å². The Morgan fingerprint density at radius 2 is 1.65 bits per heavy atom. The van der Waals surface area contributed by atoms with Crippen LogP contribution < -0.4 is 5.32 Å². The Morgan fingerprint density at radius 3 is 2.31 bits per heavy atom. The number of benzene rings is 2. The van der Waals surface area contributed by atoms with Crippen molar-refractivity contribution in [3.63, 3.8) is 0 Å². The van der Waals surface area contributed by atoms with Gasteiger partial charge in [0.25, 0.3) is 0 Å². The summed E-state index contributed by atoms with van der Waals surface area (Å²) in [5.74, 6) is 0.188. The van der Waals surface area contributed by atoms with Gasteiger partial charge < -0.3 is 5.32 Å². The minimum absolute atomic E-state index is 0.188. The molecule has 3 nitrogen and oxygen atoms in total. The van der Waals surface area contributed by atoms with Crippen LogP contribution in [0.1, 0.15) is 50.3 Å². The smallest absolute Gasteiger partial charge is 0.235 e. The van der Waals surface area contributed by atoms with E-state index in [4.69, 9.17) is 0 Å². The van der Waals surface area contributed by atoms with Crippen molar-refractivity contribution in [2.75, 3.05) is 18.4 Å². The lowest BCUT2D eigenvalue weighted by Gasteiger charge is -2.38. The van der Waals surface area contributed by atoms with E-state index in [9.17, 15) is 4.79 Å². The number of para-hydroxylation sites is 1. The van der Waals surface area contributed by atoms with E-state index in [0.717, 1.165) is 38.2 Å². The quantitative estimate of drug-likeness (QED) is 0.868. The molecule has 1 saturated heterocycles. The number of nitrogens with one attached hydrogen (secondary N) is 1. The maximum Gasteiger partial charge on any atom is 0.235 e. The first-order valence-corrected chi connectivity index (χ1v) is 9.61. The van der Waals surface area contributed by atoms with Crippen LogP contribution in [0.5, 0.6) is 0 Å². The summed E-state index contributed by atoms with van der Waals surface area (Å²) in [5.41, 5.74) is 4.80. The van der Waals surface area contributed by atoms with Crippen molar-refractivity contribution in [3.8, 4) is 0 Å². The van der Waals surface area contributed by atoms with Gasteiger partial charge in [0.05, 0.1) is 5.41 Å². The maximum atomic E-state index is 12.7. The zero-order valence-electron chi connectivity index (χ0n) is 16.0. The van der Waals surface area contributed by atoms with Crippen LogP contribution in [-0.4, -0.2) is 23.9 Å². The molecular formula is C23H28N2O. The number of amides is 1. The second-order valence-corrected chi connectivity index (χ2v) is 8.80. The van der Waals surface area contributed by atoms with Gasteiger partial charge in [0, 0.05) is 12.2 Å². The van der Waals surface area contributed by atoms with Crippen molar-refractivity contribution in [1.29, 1.82) is 0 Å². The molecule has 1 spiro atoms. The largest absolute Gasteiger partial charge is 0.325 e. The number of nitrogens with zero attached hydrogens (tertiary/aromatic N) is 1. The van der Waals surface area contributed by atoms with E-state index in [-0.39, 0.29) is 16.7 Å². The molecule has 0 bridgehead atoms. The molecular weight excluding hydrogens is 320 g/mol. The Kier molecular flexibility index (Phi) is 4.15. The number of rotatable bonds is 2. The monoisotopic (exact) mass is 348 g/mol. The van der Waals surface area contributed by atoms with Gasteiger partial charge in [-0.25, -0.2) is 0 Å². The molecule has 2 aromatic rings. The minimum Gasteiger partial charge on any atom is -0.325 e. The molecule has 0 atom stereocenters. The van der Waals surface area contributed by atoms with Crippen LogP contribution in [0.3, 0.4) is 0 Å². The molecule has 2 heterocycles. The minimum atomic E-state index is -0.316. The topological polar surface area (TPSA) is 32.3 Å². The van der Waals surface area contributed by atoms with Crippen molar-refractivity contribution >= 4 is 11.6 Å². The first kappa shape index (κ1) is 17.3. The number of piperidine rings is 1. The summed E-state index contributed by atoms with van der Waals surface area (Å²) < 4.78 is 0. The Balaban J connectivity index is 1.44. The second kappa shape index (κ2) is 6.24. The highest BCUT2D eigenvalue weighted by Crippen LogP contribution is 2.44. The molecule has 1 amide bonds. The molecule has 0 aliphatic carbocycles. The molecule has 2 aromatic carbocycles. The van der Waals surface area contributed by atoms with Crippen LogP contribution in [0.25, 0.3) is 0 Å². The molecule has 4 rings (SSSR count). The van der Waals surface area contributed by atoms with Gasteiger partial charge in [-0.15, -0.1) is 0 Å². The van der Waals surface area contributed by atoms with Crippen molar-refractivity contribution in [2.24, 2.45) is 0 Å². The molecule has 2 aliphatic heterocycles. The van der Waals surface area contributed by atoms with Crippen LogP contribution >= 0.6 is 0 Å². The van der Waals surface area contributed by atoms with Crippen LogP contribution in [0.2, 0.25) is 0 Å². The van der Waals surface area contributed by atoms with Gasteiger partial charge in [0.15, 0.2) is 0 Å². The number of likely N-dealkylation sites (tertiary alicyclic amines) is 1. The van der Waals surface area contributed by atoms with E-state index in [0.29, 0.717) is 0 Å². The van der Waals surface area contributed by atoms with Gasteiger partial charge in [0.1, 0.15) is 0 Å². The van der Waals surface area contributed by atoms with Gasteiger partial charge in [-0.2, -0.15) is 0 Å². The Hall–Kier alpha value is -2.13. The molecule has 0 radical (unpaired) electrons. The van der Waals surface area contributed by atoms with Crippen LogP contribution in [0, 0.1) is 0 Å². The van der Waals surface area contributed by atoms with E-state index >= 15 is 0 Å². The van der Waals surface area contributed by atoms with Crippen LogP contribution in [-0.2, 0) is 22.2 Å². The zero-order valence-corrected chi connectivity index (χ0v) is 16.0. The number of hydrogen-bond acceptors (Lipinski definition) is 2. The van der Waals surface area contributed by atoms with E-state index < -0.39 is 0 Å². The van der Waals surface area contributed by atoms with E-state index in [1.54, 1.807) is 0 Å². The molecule has 1 fully saturated rings. The fourth-order valence-electron chi connectivity index (χ4n) is 4.33. The molecule has 2 aliphatic rings. The molecule has 26 heavy (non-hydrogen) atoms. The lowest BCUT2D eigenvalue weighted by atomic mass is 9.73. The predicted octanol–water partition coefficient (Wildman–Crippen LogP) is 4.47. The number of anilines is 1. The average Bonchev–Trinajstić information content (AvgIpc) is 2.89. The fraction of sp³-hybridized carbons (Fsp3) is 0.435. The summed E-state index contributed by atoms with van der Waals surface area (Å²) >= 11 is 0. The Morgan fingerprint density at radius 1 is 1.00 bits per heavy atom. The zero-order chi connectivity index (χ0) is 18.4. The highest BCUT2D eigenvalue weighted by atomic mass is 16.2. The molecule has 0 unspecified atom stereocenters. The van der Waals surface area contributed by atoms with E-state index in [1.807, 2.05) is 18.2 Å². The molecule has 0 aromatic heterocycles. The van der Waals surface area contributed by atoms with Crippen molar-refractivity contribution in [1.82, 2.24) is 4.90 Å². The highest BCUT2D eigenvalue weighted by molar-refractivity contribution is 6.06. The molecule has 136 valence electrons. The standard InChI is InChI=1S/C23H28N2O/c1-22(2,3)18-10-8-17(9-11-18)16-25-14-12-23(13-15-25)19-6-4-5-7-20(19)24-21(23)26/h4-11H,12-16H2,1-3H3,(H,24,26). The maximum absolute atomic E-state index is 12.7. The summed E-state index contributed by atoms with van der Waals surface area (Å²) in [6, 6.07) is 17.2. The summed E-state index contributed by atoms with van der Waals surface area (Å²) in [4.78, 5) is 15.2. The first-order valence-electron chi connectivity index (χ1n) is 9.61. The molecule has 3 heteroatoms. The summed E-state index contributed by atoms with van der Waals surface area (Å²) in [6.45, 7) is 9.62. The third kappa shape index (κ3) is 2.95. The van der Waals surface area contributed by atoms with E-state index in [2.05, 4.69) is 61.3 Å². The van der Waals surface area contributed by atoms with Crippen molar-refractivity contribution in [2.45, 2.75) is 51.0 Å². The lowest BCUT2D eigenvalue weighted by molar-refractivity contribution is -0.122. The molecule has 0 saturated carbocycles. The third-order valence-electron chi connectivity index (χ3n) is 6.06. The second-order valence-electron chi connectivity index (χ2n) is 8.80. The normalized spacial score (nSPS) is 19.4. The number of carbonyl (C=O) groups excluding carboxylic acids is 1. The van der Waals surface area contributed by atoms with Gasteiger partial charge in [-0.3, -0.25) is 9.69 Å². The number of fused-ring (bicyclic) bond motifs is 2. The highest BCUT2D eigenvalue weighted by Gasteiger charge is 2.48. The van der Waals surface area contributed by atoms with Crippen LogP contribution in [0.4, 0.5) is 5.69 Å². The lowest BCUT2D eigenvalue weighted by Crippen LogP contribution is -2.46. The number of carbonyl (C=O) groups is 1.